The zero-order valence-corrected chi connectivity index (χ0v) is 11.4. The Kier molecular flexibility index (Phi) is 4.71. The van der Waals surface area contributed by atoms with Gasteiger partial charge in [-0.1, -0.05) is 25.1 Å². The van der Waals surface area contributed by atoms with Crippen molar-refractivity contribution in [1.29, 1.82) is 0 Å². The van der Waals surface area contributed by atoms with Crippen LogP contribution in [-0.2, 0) is 4.79 Å². The number of hydrogen-bond acceptors (Lipinski definition) is 3. The molecule has 1 radical (unpaired) electrons. The van der Waals surface area contributed by atoms with E-state index < -0.39 is 0 Å². The van der Waals surface area contributed by atoms with Crippen molar-refractivity contribution in [3.05, 3.63) is 49.1 Å². The predicted octanol–water partition coefficient (Wildman–Crippen LogP) is 3.29. The minimum Gasteiger partial charge on any atom is -0.493 e. The summed E-state index contributed by atoms with van der Waals surface area (Å²) >= 11 is 0. The van der Waals surface area contributed by atoms with Gasteiger partial charge in [0.25, 0.3) is 0 Å². The highest BCUT2D eigenvalue weighted by atomic mass is 16.5. The molecule has 1 amide bonds. The van der Waals surface area contributed by atoms with Crippen LogP contribution in [0.15, 0.2) is 36.7 Å². The number of ether oxygens (including phenoxy) is 1. The minimum absolute atomic E-state index is 0.600. The van der Waals surface area contributed by atoms with E-state index in [1.165, 1.54) is 0 Å². The predicted molar refractivity (Wildman–Crippen MR) is 79.6 cm³/mol. The number of nitrogens with one attached hydrogen (secondary N) is 1. The average molecular weight is 269 g/mol. The molecule has 1 aromatic heterocycles. The highest BCUT2D eigenvalue weighted by Gasteiger charge is 2.11. The van der Waals surface area contributed by atoms with Gasteiger partial charge in [-0.2, -0.15) is 0 Å². The molecule has 2 rings (SSSR count). The van der Waals surface area contributed by atoms with Gasteiger partial charge < -0.3 is 10.1 Å². The summed E-state index contributed by atoms with van der Waals surface area (Å²) in [5.74, 6) is 0.796. The lowest BCUT2D eigenvalue weighted by molar-refractivity contribution is -0.105. The molecule has 0 aliphatic carbocycles. The average Bonchev–Trinajstić information content (AvgIpc) is 2.48. The van der Waals surface area contributed by atoms with Gasteiger partial charge in [0.05, 0.1) is 18.5 Å². The summed E-state index contributed by atoms with van der Waals surface area (Å²) < 4.78 is 5.75. The fourth-order valence-corrected chi connectivity index (χ4v) is 1.93. The standard InChI is InChI=1S/C16H17N2O2/c1-3-8-20-16-7-5-4-6-13(16)14-9-17-10-15(12(14)2)18-11-19/h4-7,9-11H,2-3,8H2,1H3,(H,18,19). The Bertz CT molecular complexity index is 597. The van der Waals surface area contributed by atoms with Crippen LogP contribution in [0.3, 0.4) is 0 Å². The molecular weight excluding hydrogens is 252 g/mol. The molecule has 0 unspecified atom stereocenters. The van der Waals surface area contributed by atoms with Crippen LogP contribution in [0.5, 0.6) is 5.75 Å². The number of aromatic nitrogens is 1. The van der Waals surface area contributed by atoms with E-state index in [1.54, 1.807) is 12.4 Å². The molecule has 0 atom stereocenters. The largest absolute Gasteiger partial charge is 0.493 e. The van der Waals surface area contributed by atoms with Crippen molar-refractivity contribution in [2.75, 3.05) is 11.9 Å². The minimum atomic E-state index is 0.600. The maximum absolute atomic E-state index is 10.6. The molecular formula is C16H17N2O2. The number of para-hydroxylation sites is 1. The van der Waals surface area contributed by atoms with Crippen molar-refractivity contribution < 1.29 is 9.53 Å². The number of anilines is 1. The van der Waals surface area contributed by atoms with Gasteiger partial charge >= 0.3 is 0 Å². The Hall–Kier alpha value is -2.36. The van der Waals surface area contributed by atoms with Crippen molar-refractivity contribution in [2.45, 2.75) is 13.3 Å². The van der Waals surface area contributed by atoms with Gasteiger partial charge in [-0.05, 0) is 25.0 Å². The van der Waals surface area contributed by atoms with E-state index in [0.717, 1.165) is 28.9 Å². The summed E-state index contributed by atoms with van der Waals surface area (Å²) in [5, 5.41) is 2.60. The monoisotopic (exact) mass is 269 g/mol. The maximum atomic E-state index is 10.6. The number of carbonyl (C=O) groups excluding carboxylic acids is 1. The highest BCUT2D eigenvalue weighted by molar-refractivity contribution is 5.82. The molecule has 0 saturated heterocycles. The van der Waals surface area contributed by atoms with Crippen LogP contribution in [0.25, 0.3) is 11.1 Å². The smallest absolute Gasteiger partial charge is 0.211 e. The third-order valence-electron chi connectivity index (χ3n) is 2.91. The SMILES string of the molecule is [CH2]c1c(NC=O)cncc1-c1ccccc1OCCC. The first kappa shape index (κ1) is 14.1. The van der Waals surface area contributed by atoms with Crippen LogP contribution < -0.4 is 10.1 Å². The van der Waals surface area contributed by atoms with Gasteiger partial charge in [0.15, 0.2) is 0 Å². The summed E-state index contributed by atoms with van der Waals surface area (Å²) in [4.78, 5) is 14.7. The van der Waals surface area contributed by atoms with Gasteiger partial charge in [-0.25, -0.2) is 0 Å². The number of carbonyl (C=O) groups is 1. The van der Waals surface area contributed by atoms with Crippen molar-refractivity contribution in [2.24, 2.45) is 0 Å². The van der Waals surface area contributed by atoms with Crippen LogP contribution in [0.1, 0.15) is 18.9 Å². The second-order valence-corrected chi connectivity index (χ2v) is 4.32. The van der Waals surface area contributed by atoms with Crippen molar-refractivity contribution in [1.82, 2.24) is 4.98 Å². The zero-order chi connectivity index (χ0) is 14.4. The van der Waals surface area contributed by atoms with Gasteiger partial charge in [0.1, 0.15) is 5.75 Å². The summed E-state index contributed by atoms with van der Waals surface area (Å²) in [6.07, 6.45) is 4.87. The summed E-state index contributed by atoms with van der Waals surface area (Å²) in [6.45, 7) is 6.74. The molecule has 1 aromatic carbocycles. The molecule has 2 aromatic rings. The van der Waals surface area contributed by atoms with Crippen LogP contribution in [0.2, 0.25) is 0 Å². The van der Waals surface area contributed by atoms with E-state index in [1.807, 2.05) is 24.3 Å². The van der Waals surface area contributed by atoms with Gasteiger partial charge in [-0.3, -0.25) is 9.78 Å². The molecule has 20 heavy (non-hydrogen) atoms. The molecule has 4 nitrogen and oxygen atoms in total. The number of benzene rings is 1. The van der Waals surface area contributed by atoms with Crippen molar-refractivity contribution in [3.8, 4) is 16.9 Å². The third kappa shape index (κ3) is 2.96. The number of pyridine rings is 1. The second-order valence-electron chi connectivity index (χ2n) is 4.32. The molecule has 103 valence electrons. The number of nitrogens with zero attached hydrogens (tertiary/aromatic N) is 1. The van der Waals surface area contributed by atoms with E-state index >= 15 is 0 Å². The van der Waals surface area contributed by atoms with E-state index in [9.17, 15) is 4.79 Å². The molecule has 0 aliphatic heterocycles. The van der Waals surface area contributed by atoms with Gasteiger partial charge in [0.2, 0.25) is 6.41 Å². The van der Waals surface area contributed by atoms with Gasteiger partial charge in [-0.15, -0.1) is 0 Å². The highest BCUT2D eigenvalue weighted by Crippen LogP contribution is 2.34. The first-order chi connectivity index (χ1) is 9.77. The van der Waals surface area contributed by atoms with Gasteiger partial charge in [0, 0.05) is 17.3 Å². The first-order valence-corrected chi connectivity index (χ1v) is 6.50. The Labute approximate surface area is 118 Å². The third-order valence-corrected chi connectivity index (χ3v) is 2.91. The van der Waals surface area contributed by atoms with E-state index in [-0.39, 0.29) is 0 Å². The number of hydrogen-bond donors (Lipinski definition) is 1. The normalized spacial score (nSPS) is 10.1. The molecule has 0 saturated carbocycles. The van der Waals surface area contributed by atoms with Crippen LogP contribution in [0.4, 0.5) is 5.69 Å². The Balaban J connectivity index is 2.45. The zero-order valence-electron chi connectivity index (χ0n) is 11.4. The lowest BCUT2D eigenvalue weighted by atomic mass is 10.0. The lowest BCUT2D eigenvalue weighted by Gasteiger charge is -2.14. The lowest BCUT2D eigenvalue weighted by Crippen LogP contribution is -2.01. The topological polar surface area (TPSA) is 51.2 Å². The summed E-state index contributed by atoms with van der Waals surface area (Å²) in [6, 6.07) is 7.75. The van der Waals surface area contributed by atoms with E-state index in [4.69, 9.17) is 4.74 Å². The Morgan fingerprint density at radius 1 is 1.30 bits per heavy atom. The van der Waals surface area contributed by atoms with Crippen LogP contribution in [-0.4, -0.2) is 18.0 Å². The molecule has 4 heteroatoms. The summed E-state index contributed by atoms with van der Waals surface area (Å²) in [5.41, 5.74) is 3.10. The quantitative estimate of drug-likeness (QED) is 0.819. The fraction of sp³-hybridized carbons (Fsp3) is 0.188. The molecule has 0 aliphatic rings. The van der Waals surface area contributed by atoms with Crippen LogP contribution in [0, 0.1) is 6.92 Å². The Morgan fingerprint density at radius 3 is 2.85 bits per heavy atom. The molecule has 0 bridgehead atoms. The van der Waals surface area contributed by atoms with Crippen molar-refractivity contribution >= 4 is 12.1 Å². The Morgan fingerprint density at radius 2 is 2.10 bits per heavy atom. The molecule has 0 fully saturated rings. The maximum Gasteiger partial charge on any atom is 0.211 e. The molecule has 1 heterocycles. The molecule has 0 spiro atoms. The number of amides is 1. The van der Waals surface area contributed by atoms with E-state index in [0.29, 0.717) is 18.7 Å². The molecule has 1 N–H and O–H groups in total. The van der Waals surface area contributed by atoms with Crippen LogP contribution >= 0.6 is 0 Å². The second kappa shape index (κ2) is 6.70. The van der Waals surface area contributed by atoms with Crippen molar-refractivity contribution in [3.63, 3.8) is 0 Å². The first-order valence-electron chi connectivity index (χ1n) is 6.50. The van der Waals surface area contributed by atoms with E-state index in [2.05, 4.69) is 24.1 Å². The summed E-state index contributed by atoms with van der Waals surface area (Å²) in [7, 11) is 0. The fourth-order valence-electron chi connectivity index (χ4n) is 1.93. The number of rotatable bonds is 6.